The van der Waals surface area contributed by atoms with Crippen molar-refractivity contribution in [3.05, 3.63) is 71.8 Å². The molecule has 3 rings (SSSR count). The molecular weight excluding hydrogens is 416 g/mol. The zero-order valence-corrected chi connectivity index (χ0v) is 18.1. The summed E-state index contributed by atoms with van der Waals surface area (Å²) >= 11 is 0. The molecular formula is C24H28O8. The van der Waals surface area contributed by atoms with Gasteiger partial charge in [0.2, 0.25) is 0 Å². The van der Waals surface area contributed by atoms with Gasteiger partial charge < -0.3 is 28.8 Å². The molecule has 5 atom stereocenters. The average Bonchev–Trinajstić information content (AvgIpc) is 2.77. The molecule has 1 saturated heterocycles. The van der Waals surface area contributed by atoms with Gasteiger partial charge in [-0.15, -0.1) is 0 Å². The number of hydrogen-bond donors (Lipinski definition) is 1. The van der Waals surface area contributed by atoms with E-state index in [1.807, 2.05) is 60.7 Å². The van der Waals surface area contributed by atoms with Gasteiger partial charge in [-0.2, -0.15) is 0 Å². The Morgan fingerprint density at radius 1 is 0.812 bits per heavy atom. The molecule has 0 saturated carbocycles. The molecule has 1 aliphatic rings. The van der Waals surface area contributed by atoms with Gasteiger partial charge in [0, 0.05) is 13.8 Å². The van der Waals surface area contributed by atoms with E-state index >= 15 is 0 Å². The average molecular weight is 444 g/mol. The molecule has 0 aliphatic carbocycles. The molecule has 1 aliphatic heterocycles. The van der Waals surface area contributed by atoms with E-state index in [2.05, 4.69) is 0 Å². The van der Waals surface area contributed by atoms with Crippen molar-refractivity contribution in [2.24, 2.45) is 0 Å². The van der Waals surface area contributed by atoms with Crippen LogP contribution in [-0.2, 0) is 46.5 Å². The summed E-state index contributed by atoms with van der Waals surface area (Å²) in [5.41, 5.74) is 1.78. The number of rotatable bonds is 9. The van der Waals surface area contributed by atoms with Crippen LogP contribution in [0.1, 0.15) is 25.0 Å². The minimum absolute atomic E-state index is 0.170. The molecule has 2 aromatic rings. The molecule has 0 amide bonds. The Kier molecular flexibility index (Phi) is 8.75. The van der Waals surface area contributed by atoms with Crippen LogP contribution >= 0.6 is 0 Å². The first-order valence-electron chi connectivity index (χ1n) is 10.4. The standard InChI is InChI=1S/C24H28O8/c1-16(25)28-15-20-21(29-13-18-9-5-3-6-10-18)22(31-17(2)26)23(24(27)32-20)30-14-19-11-7-4-8-12-19/h3-12,20-24,27H,13-15H2,1-2H3. The van der Waals surface area contributed by atoms with E-state index in [9.17, 15) is 14.7 Å². The minimum Gasteiger partial charge on any atom is -0.463 e. The molecule has 0 spiro atoms. The van der Waals surface area contributed by atoms with E-state index in [-0.39, 0.29) is 19.8 Å². The van der Waals surface area contributed by atoms with Crippen molar-refractivity contribution in [2.75, 3.05) is 6.61 Å². The van der Waals surface area contributed by atoms with Gasteiger partial charge in [-0.1, -0.05) is 60.7 Å². The molecule has 32 heavy (non-hydrogen) atoms. The normalized spacial score (nSPS) is 25.2. The first-order chi connectivity index (χ1) is 15.4. The van der Waals surface area contributed by atoms with Crippen LogP contribution in [0.2, 0.25) is 0 Å². The zero-order valence-electron chi connectivity index (χ0n) is 18.1. The minimum atomic E-state index is -1.42. The summed E-state index contributed by atoms with van der Waals surface area (Å²) < 4.78 is 28.3. The predicted octanol–water partition coefficient (Wildman–Crippen LogP) is 2.37. The lowest BCUT2D eigenvalue weighted by molar-refractivity contribution is -0.309. The van der Waals surface area contributed by atoms with Crippen LogP contribution in [0.4, 0.5) is 0 Å². The lowest BCUT2D eigenvalue weighted by atomic mass is 9.98. The van der Waals surface area contributed by atoms with Crippen molar-refractivity contribution in [1.82, 2.24) is 0 Å². The number of ether oxygens (including phenoxy) is 5. The van der Waals surface area contributed by atoms with Gasteiger partial charge in [-0.05, 0) is 11.1 Å². The largest absolute Gasteiger partial charge is 0.463 e. The maximum absolute atomic E-state index is 11.9. The fraction of sp³-hybridized carbons (Fsp3) is 0.417. The van der Waals surface area contributed by atoms with Crippen LogP contribution in [0, 0.1) is 0 Å². The van der Waals surface area contributed by atoms with Gasteiger partial charge >= 0.3 is 11.9 Å². The van der Waals surface area contributed by atoms with Crippen molar-refractivity contribution < 1.29 is 38.4 Å². The lowest BCUT2D eigenvalue weighted by Crippen LogP contribution is -2.61. The van der Waals surface area contributed by atoms with E-state index in [1.54, 1.807) is 0 Å². The molecule has 1 fully saturated rings. The fourth-order valence-electron chi connectivity index (χ4n) is 3.47. The molecule has 172 valence electrons. The molecule has 0 aromatic heterocycles. The van der Waals surface area contributed by atoms with E-state index in [4.69, 9.17) is 23.7 Å². The SMILES string of the molecule is CC(=O)OCC1OC(O)C(OCc2ccccc2)C(OC(C)=O)C1OCc1ccccc1. The third kappa shape index (κ3) is 6.86. The third-order valence-corrected chi connectivity index (χ3v) is 4.93. The fourth-order valence-corrected chi connectivity index (χ4v) is 3.47. The summed E-state index contributed by atoms with van der Waals surface area (Å²) in [6.07, 6.45) is -5.11. The summed E-state index contributed by atoms with van der Waals surface area (Å²) in [6.45, 7) is 2.74. The smallest absolute Gasteiger partial charge is 0.303 e. The van der Waals surface area contributed by atoms with Crippen molar-refractivity contribution in [2.45, 2.75) is 57.8 Å². The highest BCUT2D eigenvalue weighted by Gasteiger charge is 2.49. The molecule has 5 unspecified atom stereocenters. The Morgan fingerprint density at radius 3 is 1.84 bits per heavy atom. The highest BCUT2D eigenvalue weighted by molar-refractivity contribution is 5.66. The Bertz CT molecular complexity index is 857. The first-order valence-corrected chi connectivity index (χ1v) is 10.4. The van der Waals surface area contributed by atoms with E-state index < -0.39 is 42.6 Å². The van der Waals surface area contributed by atoms with Crippen LogP contribution in [-0.4, -0.2) is 54.4 Å². The van der Waals surface area contributed by atoms with Crippen LogP contribution < -0.4 is 0 Å². The number of carbonyl (C=O) groups excluding carboxylic acids is 2. The van der Waals surface area contributed by atoms with Crippen LogP contribution in [0.5, 0.6) is 0 Å². The van der Waals surface area contributed by atoms with Gasteiger partial charge in [0.05, 0.1) is 13.2 Å². The molecule has 1 heterocycles. The second kappa shape index (κ2) is 11.7. The number of carbonyl (C=O) groups is 2. The number of aliphatic hydroxyl groups is 1. The highest BCUT2D eigenvalue weighted by Crippen LogP contribution is 2.29. The summed E-state index contributed by atoms with van der Waals surface area (Å²) in [5.74, 6) is -1.06. The van der Waals surface area contributed by atoms with E-state index in [1.165, 1.54) is 13.8 Å². The summed E-state index contributed by atoms with van der Waals surface area (Å²) in [6, 6.07) is 18.8. The Hall–Kier alpha value is -2.78. The third-order valence-electron chi connectivity index (χ3n) is 4.93. The van der Waals surface area contributed by atoms with Gasteiger partial charge in [0.1, 0.15) is 24.9 Å². The quantitative estimate of drug-likeness (QED) is 0.589. The molecule has 2 aromatic carbocycles. The Labute approximate surface area is 187 Å². The Morgan fingerprint density at radius 2 is 1.34 bits per heavy atom. The lowest BCUT2D eigenvalue weighted by Gasteiger charge is -2.43. The summed E-state index contributed by atoms with van der Waals surface area (Å²) in [5, 5.41) is 10.6. The molecule has 1 N–H and O–H groups in total. The van der Waals surface area contributed by atoms with Gasteiger partial charge in [0.25, 0.3) is 0 Å². The predicted molar refractivity (Wildman–Crippen MR) is 113 cm³/mol. The molecule has 8 heteroatoms. The summed E-state index contributed by atoms with van der Waals surface area (Å²) in [7, 11) is 0. The van der Waals surface area contributed by atoms with Gasteiger partial charge in [-0.25, -0.2) is 0 Å². The summed E-state index contributed by atoms with van der Waals surface area (Å²) in [4.78, 5) is 23.2. The highest BCUT2D eigenvalue weighted by atomic mass is 16.7. The zero-order chi connectivity index (χ0) is 22.9. The Balaban J connectivity index is 1.81. The van der Waals surface area contributed by atoms with E-state index in [0.29, 0.717) is 0 Å². The maximum atomic E-state index is 11.9. The maximum Gasteiger partial charge on any atom is 0.303 e. The van der Waals surface area contributed by atoms with Gasteiger partial charge in [0.15, 0.2) is 12.4 Å². The second-order valence-corrected chi connectivity index (χ2v) is 7.46. The van der Waals surface area contributed by atoms with Crippen LogP contribution in [0.3, 0.4) is 0 Å². The number of aliphatic hydroxyl groups excluding tert-OH is 1. The topological polar surface area (TPSA) is 101 Å². The molecule has 8 nitrogen and oxygen atoms in total. The number of esters is 2. The van der Waals surface area contributed by atoms with E-state index in [0.717, 1.165) is 11.1 Å². The van der Waals surface area contributed by atoms with Crippen molar-refractivity contribution in [1.29, 1.82) is 0 Å². The first kappa shape index (κ1) is 23.9. The number of benzene rings is 2. The molecule has 0 radical (unpaired) electrons. The van der Waals surface area contributed by atoms with Crippen molar-refractivity contribution >= 4 is 11.9 Å². The monoisotopic (exact) mass is 444 g/mol. The number of hydrogen-bond acceptors (Lipinski definition) is 8. The molecule has 0 bridgehead atoms. The van der Waals surface area contributed by atoms with Crippen LogP contribution in [0.15, 0.2) is 60.7 Å². The van der Waals surface area contributed by atoms with Crippen molar-refractivity contribution in [3.63, 3.8) is 0 Å². The van der Waals surface area contributed by atoms with Crippen molar-refractivity contribution in [3.8, 4) is 0 Å². The second-order valence-electron chi connectivity index (χ2n) is 7.46. The van der Waals surface area contributed by atoms with Crippen LogP contribution in [0.25, 0.3) is 0 Å². The van der Waals surface area contributed by atoms with Gasteiger partial charge in [-0.3, -0.25) is 9.59 Å².